The maximum absolute atomic E-state index is 5.51. The molecule has 0 saturated carbocycles. The zero-order chi connectivity index (χ0) is 44.9. The summed E-state index contributed by atoms with van der Waals surface area (Å²) in [4.78, 5) is 31.5. The van der Waals surface area contributed by atoms with E-state index in [1.54, 1.807) is 0 Å². The summed E-state index contributed by atoms with van der Waals surface area (Å²) in [6.07, 6.45) is 0. The molecule has 306 valence electrons. The lowest BCUT2D eigenvalue weighted by atomic mass is 9.60. The van der Waals surface area contributed by atoms with Crippen LogP contribution in [0.5, 0.6) is 0 Å². The first-order chi connectivity index (χ1) is 32.3. The smallest absolute Gasteiger partial charge is 0.166 e. The van der Waals surface area contributed by atoms with E-state index in [2.05, 4.69) is 147 Å². The predicted octanol–water partition coefficient (Wildman–Crippen LogP) is 4.11. The molecule has 11 aromatic rings. The minimum atomic E-state index is 0.538. The molecule has 8 aromatic carbocycles. The largest absolute Gasteiger partial charge is 0.308 e. The van der Waals surface area contributed by atoms with E-state index in [4.69, 9.17) is 29.9 Å². The van der Waals surface area contributed by atoms with Crippen LogP contribution in [0.3, 0.4) is 0 Å². The first-order valence-corrected chi connectivity index (χ1v) is 22.3. The first kappa shape index (κ1) is 40.7. The van der Waals surface area contributed by atoms with Gasteiger partial charge in [0.2, 0.25) is 0 Å². The maximum atomic E-state index is 5.51. The number of hydrogen-bond donors (Lipinski definition) is 0. The van der Waals surface area contributed by atoms with Gasteiger partial charge in [0.05, 0.1) is 16.7 Å². The lowest BCUT2D eigenvalue weighted by Gasteiger charge is -2.20. The Morgan fingerprint density at radius 3 is 1.26 bits per heavy atom. The number of benzene rings is 8. The van der Waals surface area contributed by atoms with Crippen molar-refractivity contribution in [3.8, 4) is 85.1 Å². The van der Waals surface area contributed by atoms with Gasteiger partial charge in [-0.05, 0) is 41.5 Å². The van der Waals surface area contributed by atoms with Crippen LogP contribution < -0.4 is 27.3 Å². The number of aromatic nitrogens is 7. The molecular weight excluding hydrogens is 801 g/mol. The zero-order valence-corrected chi connectivity index (χ0v) is 37.5. The Morgan fingerprint density at radius 2 is 0.697 bits per heavy atom. The summed E-state index contributed by atoms with van der Waals surface area (Å²) in [5.74, 6) is 3.47. The van der Waals surface area contributed by atoms with Crippen molar-refractivity contribution >= 4 is 88.4 Å². The summed E-state index contributed by atoms with van der Waals surface area (Å²) >= 11 is 0. The third-order valence-electron chi connectivity index (χ3n) is 13.1. The van der Waals surface area contributed by atoms with Gasteiger partial charge >= 0.3 is 0 Å². The molecule has 0 radical (unpaired) electrons. The van der Waals surface area contributed by atoms with Gasteiger partial charge in [0, 0.05) is 44.2 Å². The fourth-order valence-corrected chi connectivity index (χ4v) is 9.19. The normalized spacial score (nSPS) is 11.3. The fourth-order valence-electron chi connectivity index (χ4n) is 9.19. The highest BCUT2D eigenvalue weighted by Gasteiger charge is 2.24. The fraction of sp³-hybridized carbons (Fsp3) is 0. The number of fused-ring (bicyclic) bond motifs is 3. The van der Waals surface area contributed by atoms with Crippen molar-refractivity contribution in [2.45, 2.75) is 0 Å². The van der Waals surface area contributed by atoms with Crippen LogP contribution in [0.1, 0.15) is 0 Å². The van der Waals surface area contributed by atoms with Crippen molar-refractivity contribution < 1.29 is 0 Å². The van der Waals surface area contributed by atoms with Gasteiger partial charge in [-0.25, -0.2) is 29.9 Å². The number of rotatable bonds is 8. The highest BCUT2D eigenvalue weighted by atomic mass is 15.1. The molecule has 3 aromatic heterocycles. The van der Waals surface area contributed by atoms with Crippen LogP contribution in [-0.4, -0.2) is 73.7 Å². The van der Waals surface area contributed by atoms with Crippen LogP contribution in [-0.2, 0) is 0 Å². The molecular formula is C54H40B5N7. The topological polar surface area (TPSA) is 82.3 Å². The summed E-state index contributed by atoms with van der Waals surface area (Å²) in [6.45, 7) is 0. The summed E-state index contributed by atoms with van der Waals surface area (Å²) in [6, 6.07) is 62.7. The lowest BCUT2D eigenvalue weighted by Crippen LogP contribution is -2.55. The minimum Gasteiger partial charge on any atom is -0.308 e. The molecule has 12 heteroatoms. The summed E-state index contributed by atoms with van der Waals surface area (Å²) in [7, 11) is 10.9. The van der Waals surface area contributed by atoms with Crippen LogP contribution in [0.4, 0.5) is 0 Å². The molecule has 3 heterocycles. The first-order valence-electron chi connectivity index (χ1n) is 22.3. The Bertz CT molecular complexity index is 3560. The third-order valence-corrected chi connectivity index (χ3v) is 13.1. The van der Waals surface area contributed by atoms with Crippen molar-refractivity contribution in [1.29, 1.82) is 0 Å². The van der Waals surface area contributed by atoms with Crippen LogP contribution in [0.2, 0.25) is 0 Å². The van der Waals surface area contributed by atoms with Gasteiger partial charge in [-0.2, -0.15) is 0 Å². The second-order valence-corrected chi connectivity index (χ2v) is 16.9. The molecule has 0 bridgehead atoms. The van der Waals surface area contributed by atoms with E-state index >= 15 is 0 Å². The minimum absolute atomic E-state index is 0.538. The van der Waals surface area contributed by atoms with Crippen LogP contribution in [0, 0.1) is 0 Å². The monoisotopic (exact) mass is 841 g/mol. The average molecular weight is 841 g/mol. The van der Waals surface area contributed by atoms with E-state index in [1.165, 1.54) is 16.4 Å². The van der Waals surface area contributed by atoms with Gasteiger partial charge in [-0.1, -0.05) is 163 Å². The van der Waals surface area contributed by atoms with Crippen LogP contribution >= 0.6 is 0 Å². The van der Waals surface area contributed by atoms with E-state index < -0.39 is 0 Å². The summed E-state index contributed by atoms with van der Waals surface area (Å²) in [5.41, 5.74) is 16.7. The number of hydrogen-bond acceptors (Lipinski definition) is 6. The Balaban J connectivity index is 1.24. The van der Waals surface area contributed by atoms with E-state index in [1.807, 2.05) is 78.9 Å². The molecule has 0 unspecified atom stereocenters. The van der Waals surface area contributed by atoms with Gasteiger partial charge in [-0.3, -0.25) is 0 Å². The second kappa shape index (κ2) is 16.8. The molecule has 0 aliphatic carbocycles. The van der Waals surface area contributed by atoms with Gasteiger partial charge in [-0.15, -0.1) is 16.4 Å². The highest BCUT2D eigenvalue weighted by Crippen LogP contribution is 2.39. The Morgan fingerprint density at radius 1 is 0.288 bits per heavy atom. The molecule has 0 spiro atoms. The maximum Gasteiger partial charge on any atom is 0.166 e. The molecule has 0 atom stereocenters. The standard InChI is InChI=1S/C54H40B5N7/c55-44-43(45(56)47(58)48(59)46(44)57)54-64-51(34-21-11-4-12-22-34)63-53(65-54)39-29-36(52-61-49(32-17-7-2-8-18-32)60-50(62-52)33-19-9-3-10-20-33)26-28-41(39)66-40-24-14-13-23-37(40)38-27-25-35(30-42(38)66)31-15-5-1-6-16-31/h1-30H,55-59H2. The second-order valence-electron chi connectivity index (χ2n) is 16.9. The molecule has 0 aliphatic heterocycles. The van der Waals surface area contributed by atoms with Crippen molar-refractivity contribution in [2.24, 2.45) is 0 Å². The van der Waals surface area contributed by atoms with Crippen LogP contribution in [0.25, 0.3) is 107 Å². The quantitative estimate of drug-likeness (QED) is 0.215. The Kier molecular flexibility index (Phi) is 10.3. The SMILES string of the molecule is Bc1c(B)c(B)c(-c2nc(-c3ccccc3)nc(-c3cc(-c4nc(-c5ccccc5)nc(-c5ccccc5)n4)ccc3-n3c4ccccc4c4ccc(-c5ccccc5)cc43)n2)c(B)c1B. The molecule has 7 nitrogen and oxygen atoms in total. The Labute approximate surface area is 388 Å². The molecule has 11 rings (SSSR count). The summed E-state index contributed by atoms with van der Waals surface area (Å²) in [5, 5.41) is 2.30. The number of nitrogens with zero attached hydrogens (tertiary/aromatic N) is 7. The van der Waals surface area contributed by atoms with Crippen molar-refractivity contribution in [2.75, 3.05) is 0 Å². The van der Waals surface area contributed by atoms with Gasteiger partial charge < -0.3 is 4.57 Å². The van der Waals surface area contributed by atoms with E-state index in [0.717, 1.165) is 82.9 Å². The van der Waals surface area contributed by atoms with E-state index in [0.29, 0.717) is 34.9 Å². The average Bonchev–Trinajstić information content (AvgIpc) is 3.71. The third kappa shape index (κ3) is 7.21. The lowest BCUT2D eigenvalue weighted by molar-refractivity contribution is 1.06. The van der Waals surface area contributed by atoms with Crippen LogP contribution in [0.15, 0.2) is 182 Å². The molecule has 0 saturated heterocycles. The zero-order valence-electron chi connectivity index (χ0n) is 37.5. The molecule has 0 N–H and O–H groups in total. The summed E-state index contributed by atoms with van der Waals surface area (Å²) < 4.78 is 2.36. The molecule has 0 aliphatic rings. The van der Waals surface area contributed by atoms with Crippen molar-refractivity contribution in [3.63, 3.8) is 0 Å². The highest BCUT2D eigenvalue weighted by molar-refractivity contribution is 6.68. The van der Waals surface area contributed by atoms with Crippen molar-refractivity contribution in [3.05, 3.63) is 182 Å². The van der Waals surface area contributed by atoms with E-state index in [9.17, 15) is 0 Å². The predicted molar refractivity (Wildman–Crippen MR) is 286 cm³/mol. The van der Waals surface area contributed by atoms with Gasteiger partial charge in [0.1, 0.15) is 39.2 Å². The van der Waals surface area contributed by atoms with Gasteiger partial charge in [0.15, 0.2) is 34.9 Å². The number of para-hydroxylation sites is 1. The van der Waals surface area contributed by atoms with Crippen molar-refractivity contribution in [1.82, 2.24) is 34.5 Å². The van der Waals surface area contributed by atoms with E-state index in [-0.39, 0.29) is 0 Å². The molecule has 0 amide bonds. The molecule has 66 heavy (non-hydrogen) atoms. The molecule has 0 fully saturated rings. The Hall–Kier alpha value is -8.10. The van der Waals surface area contributed by atoms with Gasteiger partial charge in [0.25, 0.3) is 0 Å².